The van der Waals surface area contributed by atoms with Crippen molar-refractivity contribution in [3.05, 3.63) is 95.2 Å². The number of fused-ring (bicyclic) bond motifs is 4. The van der Waals surface area contributed by atoms with Gasteiger partial charge in [0.15, 0.2) is 0 Å². The summed E-state index contributed by atoms with van der Waals surface area (Å²) in [6.45, 7) is 3.38. The molecule has 3 heterocycles. The first kappa shape index (κ1) is 27.1. The molecule has 1 aromatic heterocycles. The molecule has 10 heteroatoms. The third kappa shape index (κ3) is 4.27. The third-order valence-electron chi connectivity index (χ3n) is 8.07. The van der Waals surface area contributed by atoms with Gasteiger partial charge in [0.05, 0.1) is 18.4 Å². The molecule has 1 fully saturated rings. The molecule has 0 unspecified atom stereocenters. The minimum atomic E-state index is -1.17. The average molecular weight is 567 g/mol. The number of H-pyrrole nitrogens is 1. The van der Waals surface area contributed by atoms with E-state index in [1.165, 1.54) is 12.1 Å². The highest BCUT2D eigenvalue weighted by atomic mass is 16.5. The van der Waals surface area contributed by atoms with Gasteiger partial charge < -0.3 is 20.1 Å². The number of urea groups is 1. The van der Waals surface area contributed by atoms with Crippen molar-refractivity contribution in [3.63, 3.8) is 0 Å². The van der Waals surface area contributed by atoms with Crippen molar-refractivity contribution in [2.45, 2.75) is 38.4 Å². The third-order valence-corrected chi connectivity index (χ3v) is 8.07. The lowest BCUT2D eigenvalue weighted by Crippen LogP contribution is -2.45. The van der Waals surface area contributed by atoms with E-state index in [9.17, 15) is 24.3 Å². The van der Waals surface area contributed by atoms with Crippen molar-refractivity contribution in [1.82, 2.24) is 15.2 Å². The topological polar surface area (TPSA) is 132 Å². The minimum absolute atomic E-state index is 0.0350. The number of hydrogen-bond donors (Lipinski definition) is 3. The lowest BCUT2D eigenvalue weighted by Gasteiger charge is -2.36. The molecule has 3 aromatic carbocycles. The first-order valence-electron chi connectivity index (χ1n) is 13.7. The van der Waals surface area contributed by atoms with Gasteiger partial charge in [0, 0.05) is 23.0 Å². The normalized spacial score (nSPS) is 18.7. The minimum Gasteiger partial charge on any atom is -0.497 e. The quantitative estimate of drug-likeness (QED) is 0.282. The van der Waals surface area contributed by atoms with E-state index >= 15 is 0 Å². The summed E-state index contributed by atoms with van der Waals surface area (Å²) in [5.74, 6) is -2.08. The molecule has 214 valence electrons. The Labute approximate surface area is 241 Å². The smallest absolute Gasteiger partial charge is 0.332 e. The van der Waals surface area contributed by atoms with Crippen LogP contribution in [-0.4, -0.2) is 58.0 Å². The second-order valence-electron chi connectivity index (χ2n) is 10.9. The Balaban J connectivity index is 1.45. The van der Waals surface area contributed by atoms with Crippen molar-refractivity contribution < 1.29 is 29.0 Å². The molecule has 6 rings (SSSR count). The number of imide groups is 1. The SMILES string of the molecule is COc1cccc([C@H]2c3[nH]c4ccccc4c3C[C@H]3C(=O)N(c4ccccc4C(=O)N[C@@H](C(=O)O)C(C)C)C(=O)N23)c1. The zero-order valence-corrected chi connectivity index (χ0v) is 23.3. The number of carboxylic acids is 1. The maximum Gasteiger partial charge on any atom is 0.332 e. The van der Waals surface area contributed by atoms with E-state index < -0.39 is 41.9 Å². The predicted octanol–water partition coefficient (Wildman–Crippen LogP) is 4.50. The molecule has 10 nitrogen and oxygen atoms in total. The summed E-state index contributed by atoms with van der Waals surface area (Å²) in [7, 11) is 1.57. The zero-order valence-electron chi connectivity index (χ0n) is 23.3. The van der Waals surface area contributed by atoms with Crippen LogP contribution >= 0.6 is 0 Å². The molecule has 3 atom stereocenters. The first-order valence-corrected chi connectivity index (χ1v) is 13.7. The molecule has 2 aliphatic heterocycles. The number of carboxylic acid groups (broad SMARTS) is 1. The first-order chi connectivity index (χ1) is 20.2. The highest BCUT2D eigenvalue weighted by Gasteiger charge is 2.53. The Hall–Kier alpha value is -5.12. The molecule has 0 spiro atoms. The number of rotatable bonds is 7. The van der Waals surface area contributed by atoms with Gasteiger partial charge in [-0.2, -0.15) is 0 Å². The van der Waals surface area contributed by atoms with Crippen LogP contribution in [0.4, 0.5) is 10.5 Å². The van der Waals surface area contributed by atoms with Crippen molar-refractivity contribution in [3.8, 4) is 5.75 Å². The second kappa shape index (κ2) is 10.4. The van der Waals surface area contributed by atoms with Crippen molar-refractivity contribution >= 4 is 40.4 Å². The summed E-state index contributed by atoms with van der Waals surface area (Å²) >= 11 is 0. The number of aromatic nitrogens is 1. The van der Waals surface area contributed by atoms with E-state index in [0.717, 1.165) is 32.6 Å². The number of carbonyl (C=O) groups is 4. The number of nitrogens with one attached hydrogen (secondary N) is 2. The number of carbonyl (C=O) groups excluding carboxylic acids is 3. The second-order valence-corrected chi connectivity index (χ2v) is 10.9. The number of aliphatic carboxylic acids is 1. The van der Waals surface area contributed by atoms with Crippen LogP contribution in [0.15, 0.2) is 72.8 Å². The molecule has 4 amide bonds. The molecule has 0 saturated carbocycles. The van der Waals surface area contributed by atoms with Crippen LogP contribution in [0.25, 0.3) is 10.9 Å². The molecule has 2 aliphatic rings. The number of benzene rings is 3. The van der Waals surface area contributed by atoms with Gasteiger partial charge in [0.2, 0.25) is 0 Å². The van der Waals surface area contributed by atoms with Gasteiger partial charge in [-0.1, -0.05) is 56.3 Å². The number of anilines is 1. The Bertz CT molecular complexity index is 1740. The lowest BCUT2D eigenvalue weighted by atomic mass is 9.89. The van der Waals surface area contributed by atoms with Gasteiger partial charge in [-0.3, -0.25) is 14.5 Å². The fourth-order valence-electron chi connectivity index (χ4n) is 6.05. The molecular formula is C32H30N4O6. The van der Waals surface area contributed by atoms with Crippen LogP contribution in [0.3, 0.4) is 0 Å². The summed E-state index contributed by atoms with van der Waals surface area (Å²) in [6.07, 6.45) is 0.295. The van der Waals surface area contributed by atoms with Crippen molar-refractivity contribution in [1.29, 1.82) is 0 Å². The molecule has 42 heavy (non-hydrogen) atoms. The highest BCUT2D eigenvalue weighted by molar-refractivity contribution is 6.24. The fraction of sp³-hybridized carbons (Fsp3) is 0.250. The summed E-state index contributed by atoms with van der Waals surface area (Å²) in [6, 6.07) is 18.3. The molecule has 0 radical (unpaired) electrons. The van der Waals surface area contributed by atoms with E-state index in [-0.39, 0.29) is 17.2 Å². The molecule has 0 bridgehead atoms. The van der Waals surface area contributed by atoms with Crippen LogP contribution in [-0.2, 0) is 16.0 Å². The summed E-state index contributed by atoms with van der Waals surface area (Å²) < 4.78 is 5.47. The van der Waals surface area contributed by atoms with E-state index in [1.54, 1.807) is 38.0 Å². The standard InChI is InChI=1S/C32H30N4O6/c1-17(2)26(31(39)40)34-29(37)21-12-5-7-14-24(21)36-30(38)25-16-22-20-11-4-6-13-23(20)33-27(22)28(35(25)32(36)41)18-9-8-10-19(15-18)42-3/h4-15,17,25-26,28,33H,16H2,1-3H3,(H,34,37)(H,39,40)/t25-,26+,28-/m0/s1. The van der Waals surface area contributed by atoms with Crippen LogP contribution in [0.5, 0.6) is 5.75 Å². The Morgan fingerprint density at radius 1 is 1.02 bits per heavy atom. The molecule has 4 aromatic rings. The lowest BCUT2D eigenvalue weighted by molar-refractivity contribution is -0.140. The molecule has 1 saturated heterocycles. The summed E-state index contributed by atoms with van der Waals surface area (Å²) in [4.78, 5) is 59.6. The monoisotopic (exact) mass is 566 g/mol. The van der Waals surface area contributed by atoms with Gasteiger partial charge in [-0.15, -0.1) is 0 Å². The zero-order chi connectivity index (χ0) is 29.7. The van der Waals surface area contributed by atoms with Crippen molar-refractivity contribution in [2.75, 3.05) is 12.0 Å². The Morgan fingerprint density at radius 3 is 2.50 bits per heavy atom. The van der Waals surface area contributed by atoms with Gasteiger partial charge in [0.25, 0.3) is 11.8 Å². The van der Waals surface area contributed by atoms with Crippen LogP contribution in [0.1, 0.15) is 47.1 Å². The predicted molar refractivity (Wildman–Crippen MR) is 156 cm³/mol. The van der Waals surface area contributed by atoms with E-state index in [1.807, 2.05) is 48.5 Å². The van der Waals surface area contributed by atoms with Crippen molar-refractivity contribution in [2.24, 2.45) is 5.92 Å². The van der Waals surface area contributed by atoms with Crippen LogP contribution in [0.2, 0.25) is 0 Å². The van der Waals surface area contributed by atoms with E-state index in [4.69, 9.17) is 4.74 Å². The fourth-order valence-corrected chi connectivity index (χ4v) is 6.05. The number of hydrogen-bond acceptors (Lipinski definition) is 5. The van der Waals surface area contributed by atoms with E-state index in [2.05, 4.69) is 10.3 Å². The number of para-hydroxylation sites is 2. The Kier molecular flexibility index (Phi) is 6.68. The number of ether oxygens (including phenoxy) is 1. The maximum atomic E-state index is 14.3. The highest BCUT2D eigenvalue weighted by Crippen LogP contribution is 2.45. The van der Waals surface area contributed by atoms with Crippen LogP contribution in [0, 0.1) is 5.92 Å². The Morgan fingerprint density at radius 2 is 1.76 bits per heavy atom. The van der Waals surface area contributed by atoms with Gasteiger partial charge in [-0.25, -0.2) is 14.5 Å². The number of aromatic amines is 1. The number of methoxy groups -OCH3 is 1. The molecular weight excluding hydrogens is 536 g/mol. The van der Waals surface area contributed by atoms with Crippen LogP contribution < -0.4 is 15.0 Å². The largest absolute Gasteiger partial charge is 0.497 e. The van der Waals surface area contributed by atoms with Gasteiger partial charge in [0.1, 0.15) is 23.9 Å². The van der Waals surface area contributed by atoms with Gasteiger partial charge >= 0.3 is 12.0 Å². The average Bonchev–Trinajstić information content (AvgIpc) is 3.48. The number of amides is 4. The van der Waals surface area contributed by atoms with Gasteiger partial charge in [-0.05, 0) is 47.4 Å². The summed E-state index contributed by atoms with van der Waals surface area (Å²) in [5, 5.41) is 13.1. The number of nitrogens with zero attached hydrogens (tertiary/aromatic N) is 2. The summed E-state index contributed by atoms with van der Waals surface area (Å²) in [5.41, 5.74) is 3.58. The maximum absolute atomic E-state index is 14.3. The van der Waals surface area contributed by atoms with E-state index in [0.29, 0.717) is 12.2 Å². The molecule has 0 aliphatic carbocycles. The molecule has 3 N–H and O–H groups in total.